The summed E-state index contributed by atoms with van der Waals surface area (Å²) in [7, 11) is 0. The molecule has 0 unspecified atom stereocenters. The van der Waals surface area contributed by atoms with Gasteiger partial charge >= 0.3 is 0 Å². The number of hydrogen-bond donors (Lipinski definition) is 0. The minimum atomic E-state index is -0.779. The van der Waals surface area contributed by atoms with Gasteiger partial charge in [0, 0.05) is 6.54 Å². The van der Waals surface area contributed by atoms with Crippen molar-refractivity contribution in [3.8, 4) is 5.75 Å². The van der Waals surface area contributed by atoms with E-state index in [-0.39, 0.29) is 5.91 Å². The Labute approximate surface area is 115 Å². The minimum Gasteiger partial charge on any atom is -0.476 e. The lowest BCUT2D eigenvalue weighted by molar-refractivity contribution is -0.132. The van der Waals surface area contributed by atoms with Crippen LogP contribution >= 0.6 is 0 Å². The van der Waals surface area contributed by atoms with Crippen LogP contribution in [0.1, 0.15) is 39.7 Å². The number of aryl methyl sites for hydroxylation is 1. The maximum atomic E-state index is 12.5. The Morgan fingerprint density at radius 1 is 1.32 bits per heavy atom. The second kappa shape index (κ2) is 4.87. The zero-order valence-electron chi connectivity index (χ0n) is 12.5. The molecule has 0 saturated heterocycles. The molecule has 1 aromatic carbocycles. The van der Waals surface area contributed by atoms with Gasteiger partial charge in [0.2, 0.25) is 0 Å². The molecule has 0 atom stereocenters. The molecule has 1 aliphatic heterocycles. The van der Waals surface area contributed by atoms with Crippen LogP contribution in [0.5, 0.6) is 5.75 Å². The normalized spacial score (nSPS) is 17.4. The molecule has 1 amide bonds. The largest absolute Gasteiger partial charge is 0.476 e. The van der Waals surface area contributed by atoms with E-state index in [2.05, 4.69) is 13.8 Å². The number of anilines is 1. The summed E-state index contributed by atoms with van der Waals surface area (Å²) in [6.07, 6.45) is 0.995. The number of benzene rings is 1. The van der Waals surface area contributed by atoms with Crippen LogP contribution in [0.4, 0.5) is 5.69 Å². The first-order chi connectivity index (χ1) is 8.81. The summed E-state index contributed by atoms with van der Waals surface area (Å²) in [5.41, 5.74) is 1.27. The molecule has 1 aliphatic rings. The number of rotatable bonds is 3. The van der Waals surface area contributed by atoms with Gasteiger partial charge < -0.3 is 9.64 Å². The molecule has 104 valence electrons. The van der Waals surface area contributed by atoms with Crippen LogP contribution in [-0.4, -0.2) is 18.1 Å². The van der Waals surface area contributed by atoms with Crippen molar-refractivity contribution < 1.29 is 9.53 Å². The third kappa shape index (κ3) is 2.75. The average molecular weight is 261 g/mol. The Morgan fingerprint density at radius 2 is 2.00 bits per heavy atom. The fourth-order valence-corrected chi connectivity index (χ4v) is 2.29. The molecule has 3 heteroatoms. The Morgan fingerprint density at radius 3 is 2.63 bits per heavy atom. The number of fused-ring (bicyclic) bond motifs is 1. The van der Waals surface area contributed by atoms with Gasteiger partial charge in [-0.25, -0.2) is 0 Å². The van der Waals surface area contributed by atoms with E-state index in [1.54, 1.807) is 0 Å². The fraction of sp³-hybridized carbons (Fsp3) is 0.562. The Kier molecular flexibility index (Phi) is 3.57. The summed E-state index contributed by atoms with van der Waals surface area (Å²) in [6, 6.07) is 6.01. The molecule has 0 N–H and O–H groups in total. The van der Waals surface area contributed by atoms with Crippen molar-refractivity contribution in [1.29, 1.82) is 0 Å². The number of nitrogens with zero attached hydrogens (tertiary/aromatic N) is 1. The van der Waals surface area contributed by atoms with E-state index in [1.807, 2.05) is 43.9 Å². The highest BCUT2D eigenvalue weighted by Gasteiger charge is 2.40. The molecule has 2 rings (SSSR count). The van der Waals surface area contributed by atoms with E-state index in [9.17, 15) is 4.79 Å². The third-order valence-corrected chi connectivity index (χ3v) is 3.46. The van der Waals surface area contributed by atoms with Crippen molar-refractivity contribution in [3.63, 3.8) is 0 Å². The third-order valence-electron chi connectivity index (χ3n) is 3.46. The van der Waals surface area contributed by atoms with Gasteiger partial charge in [-0.1, -0.05) is 19.9 Å². The highest BCUT2D eigenvalue weighted by Crippen LogP contribution is 2.38. The maximum absolute atomic E-state index is 12.5. The molecule has 0 fully saturated rings. The zero-order valence-corrected chi connectivity index (χ0v) is 12.5. The van der Waals surface area contributed by atoms with Crippen molar-refractivity contribution in [2.24, 2.45) is 5.92 Å². The number of carbonyl (C=O) groups is 1. The topological polar surface area (TPSA) is 29.5 Å². The van der Waals surface area contributed by atoms with Crippen molar-refractivity contribution >= 4 is 11.6 Å². The standard InChI is InChI=1S/C16H23NO2/c1-11(2)8-9-17-13-10-12(3)6-7-14(13)19-16(4,5)15(17)18/h6-7,10-11H,8-9H2,1-5H3. The summed E-state index contributed by atoms with van der Waals surface area (Å²) in [5.74, 6) is 1.43. The smallest absolute Gasteiger partial charge is 0.270 e. The van der Waals surface area contributed by atoms with Crippen molar-refractivity contribution in [1.82, 2.24) is 0 Å². The van der Waals surface area contributed by atoms with Gasteiger partial charge in [0.15, 0.2) is 5.60 Å². The van der Waals surface area contributed by atoms with E-state index in [4.69, 9.17) is 4.74 Å². The van der Waals surface area contributed by atoms with Crippen LogP contribution < -0.4 is 9.64 Å². The van der Waals surface area contributed by atoms with Gasteiger partial charge in [-0.3, -0.25) is 4.79 Å². The molecular formula is C16H23NO2. The van der Waals surface area contributed by atoms with Gasteiger partial charge in [0.05, 0.1) is 5.69 Å². The quantitative estimate of drug-likeness (QED) is 0.832. The van der Waals surface area contributed by atoms with Gasteiger partial charge in [0.25, 0.3) is 5.91 Å². The summed E-state index contributed by atoms with van der Waals surface area (Å²) in [4.78, 5) is 14.4. The number of ether oxygens (including phenoxy) is 1. The lowest BCUT2D eigenvalue weighted by Crippen LogP contribution is -2.52. The van der Waals surface area contributed by atoms with Crippen LogP contribution in [0, 0.1) is 12.8 Å². The highest BCUT2D eigenvalue weighted by atomic mass is 16.5. The Bertz CT molecular complexity index is 492. The maximum Gasteiger partial charge on any atom is 0.270 e. The highest BCUT2D eigenvalue weighted by molar-refractivity contribution is 6.02. The fourth-order valence-electron chi connectivity index (χ4n) is 2.29. The predicted octanol–water partition coefficient (Wildman–Crippen LogP) is 3.55. The summed E-state index contributed by atoms with van der Waals surface area (Å²) >= 11 is 0. The van der Waals surface area contributed by atoms with Crippen LogP contribution in [0.25, 0.3) is 0 Å². The summed E-state index contributed by atoms with van der Waals surface area (Å²) < 4.78 is 5.83. The first kappa shape index (κ1) is 13.9. The molecule has 1 aromatic rings. The number of carbonyl (C=O) groups excluding carboxylic acids is 1. The molecule has 0 bridgehead atoms. The van der Waals surface area contributed by atoms with Crippen LogP contribution in [0.2, 0.25) is 0 Å². The minimum absolute atomic E-state index is 0.0475. The molecule has 0 saturated carbocycles. The van der Waals surface area contributed by atoms with E-state index in [1.165, 1.54) is 0 Å². The van der Waals surface area contributed by atoms with E-state index < -0.39 is 5.60 Å². The van der Waals surface area contributed by atoms with Crippen molar-refractivity contribution in [2.75, 3.05) is 11.4 Å². The first-order valence-electron chi connectivity index (χ1n) is 6.93. The van der Waals surface area contributed by atoms with Crippen molar-refractivity contribution in [3.05, 3.63) is 23.8 Å². The van der Waals surface area contributed by atoms with Gasteiger partial charge in [-0.05, 0) is 50.8 Å². The van der Waals surface area contributed by atoms with Crippen LogP contribution in [0.15, 0.2) is 18.2 Å². The first-order valence-corrected chi connectivity index (χ1v) is 6.93. The Balaban J connectivity index is 2.39. The summed E-state index contributed by atoms with van der Waals surface area (Å²) in [6.45, 7) is 10.8. The second-order valence-corrected chi connectivity index (χ2v) is 6.22. The monoisotopic (exact) mass is 261 g/mol. The van der Waals surface area contributed by atoms with E-state index in [0.717, 1.165) is 30.0 Å². The van der Waals surface area contributed by atoms with E-state index in [0.29, 0.717) is 5.92 Å². The number of hydrogen-bond acceptors (Lipinski definition) is 2. The SMILES string of the molecule is Cc1ccc2c(c1)N(CCC(C)C)C(=O)C(C)(C)O2. The Hall–Kier alpha value is -1.51. The van der Waals surface area contributed by atoms with Crippen molar-refractivity contribution in [2.45, 2.75) is 46.6 Å². The van der Waals surface area contributed by atoms with Gasteiger partial charge in [-0.15, -0.1) is 0 Å². The van der Waals surface area contributed by atoms with E-state index >= 15 is 0 Å². The predicted molar refractivity (Wildman–Crippen MR) is 77.7 cm³/mol. The molecule has 0 aromatic heterocycles. The average Bonchev–Trinajstić information content (AvgIpc) is 2.30. The molecule has 0 spiro atoms. The molecule has 0 radical (unpaired) electrons. The van der Waals surface area contributed by atoms with Crippen LogP contribution in [-0.2, 0) is 4.79 Å². The lowest BCUT2D eigenvalue weighted by atomic mass is 10.0. The number of amides is 1. The lowest BCUT2D eigenvalue weighted by Gasteiger charge is -2.39. The van der Waals surface area contributed by atoms with Gasteiger partial charge in [0.1, 0.15) is 5.75 Å². The zero-order chi connectivity index (χ0) is 14.2. The molecule has 0 aliphatic carbocycles. The second-order valence-electron chi connectivity index (χ2n) is 6.22. The molecule has 3 nitrogen and oxygen atoms in total. The molecule has 19 heavy (non-hydrogen) atoms. The molecular weight excluding hydrogens is 238 g/mol. The van der Waals surface area contributed by atoms with Crippen LogP contribution in [0.3, 0.4) is 0 Å². The molecule has 1 heterocycles. The van der Waals surface area contributed by atoms with Gasteiger partial charge in [-0.2, -0.15) is 0 Å². The summed E-state index contributed by atoms with van der Waals surface area (Å²) in [5, 5.41) is 0.